The van der Waals surface area contributed by atoms with E-state index in [0.717, 1.165) is 43.5 Å². The highest BCUT2D eigenvalue weighted by Crippen LogP contribution is 2.27. The van der Waals surface area contributed by atoms with E-state index in [1.807, 2.05) is 6.07 Å². The average molecular weight is 486 g/mol. The molecule has 0 unspecified atom stereocenters. The fourth-order valence-electron chi connectivity index (χ4n) is 2.43. The van der Waals surface area contributed by atoms with Gasteiger partial charge in [-0.2, -0.15) is 4.31 Å². The molecule has 1 aromatic rings. The Morgan fingerprint density at radius 3 is 2.71 bits per heavy atom. The number of aliphatic imine (C=N–C) groups is 1. The Morgan fingerprint density at radius 1 is 1.33 bits per heavy atom. The van der Waals surface area contributed by atoms with Crippen LogP contribution in [-0.2, 0) is 16.6 Å². The van der Waals surface area contributed by atoms with Crippen molar-refractivity contribution in [1.29, 1.82) is 0 Å². The maximum Gasteiger partial charge on any atom is 0.252 e. The van der Waals surface area contributed by atoms with E-state index in [4.69, 9.17) is 5.73 Å². The number of nitrogens with one attached hydrogen (secondary N) is 1. The van der Waals surface area contributed by atoms with Crippen LogP contribution in [0.4, 0.5) is 0 Å². The zero-order valence-corrected chi connectivity index (χ0v) is 18.0. The van der Waals surface area contributed by atoms with Crippen molar-refractivity contribution in [3.8, 4) is 0 Å². The van der Waals surface area contributed by atoms with Crippen LogP contribution in [0, 0.1) is 0 Å². The quantitative estimate of drug-likeness (QED) is 0.269. The first-order chi connectivity index (χ1) is 11.0. The maximum absolute atomic E-state index is 12.6. The van der Waals surface area contributed by atoms with Crippen LogP contribution >= 0.6 is 35.3 Å². The number of hydrogen-bond donors (Lipinski definition) is 2. The van der Waals surface area contributed by atoms with Crippen LogP contribution in [0.15, 0.2) is 21.3 Å². The first-order valence-corrected chi connectivity index (χ1v) is 10.4. The summed E-state index contributed by atoms with van der Waals surface area (Å²) in [4.78, 5) is 5.16. The molecule has 0 atom stereocenters. The van der Waals surface area contributed by atoms with Gasteiger partial charge in [0.15, 0.2) is 5.96 Å². The van der Waals surface area contributed by atoms with Crippen molar-refractivity contribution >= 4 is 51.3 Å². The fraction of sp³-hybridized carbons (Fsp3) is 0.667. The zero-order chi connectivity index (χ0) is 16.7. The van der Waals surface area contributed by atoms with Crippen LogP contribution in [0.3, 0.4) is 0 Å². The molecule has 1 aliphatic heterocycles. The van der Waals surface area contributed by atoms with Crippen molar-refractivity contribution in [3.05, 3.63) is 17.0 Å². The second-order valence-electron chi connectivity index (χ2n) is 5.67. The third kappa shape index (κ3) is 6.16. The number of hydrogen-bond acceptors (Lipinski definition) is 4. The van der Waals surface area contributed by atoms with E-state index in [9.17, 15) is 8.42 Å². The highest BCUT2D eigenvalue weighted by atomic mass is 127. The molecule has 1 fully saturated rings. The van der Waals surface area contributed by atoms with Crippen molar-refractivity contribution in [3.63, 3.8) is 0 Å². The summed E-state index contributed by atoms with van der Waals surface area (Å²) in [5, 5.41) is 3.05. The lowest BCUT2D eigenvalue weighted by atomic mass is 10.2. The minimum atomic E-state index is -3.34. The van der Waals surface area contributed by atoms with E-state index < -0.39 is 10.0 Å². The molecule has 24 heavy (non-hydrogen) atoms. The van der Waals surface area contributed by atoms with Gasteiger partial charge in [0.25, 0.3) is 10.0 Å². The number of sulfonamides is 1. The fourth-order valence-corrected chi connectivity index (χ4v) is 5.38. The van der Waals surface area contributed by atoms with Crippen LogP contribution in [0.1, 0.15) is 43.9 Å². The first kappa shape index (κ1) is 21.7. The maximum atomic E-state index is 12.6. The molecule has 1 saturated heterocycles. The summed E-state index contributed by atoms with van der Waals surface area (Å²) < 4.78 is 27.2. The molecule has 2 heterocycles. The molecule has 0 spiro atoms. The molecule has 1 aromatic heterocycles. The Morgan fingerprint density at radius 2 is 2.04 bits per heavy atom. The molecule has 0 amide bonds. The number of halogens is 1. The minimum Gasteiger partial charge on any atom is -0.370 e. The van der Waals surface area contributed by atoms with Crippen LogP contribution in [0.25, 0.3) is 0 Å². The van der Waals surface area contributed by atoms with E-state index in [-0.39, 0.29) is 24.0 Å². The van der Waals surface area contributed by atoms with Gasteiger partial charge in [-0.3, -0.25) is 0 Å². The lowest BCUT2D eigenvalue weighted by Gasteiger charge is -2.25. The van der Waals surface area contributed by atoms with Gasteiger partial charge in [-0.25, -0.2) is 13.4 Å². The van der Waals surface area contributed by atoms with Crippen molar-refractivity contribution in [2.24, 2.45) is 10.7 Å². The number of guanidine groups is 1. The molecular weight excluding hydrogens is 459 g/mol. The second-order valence-corrected chi connectivity index (χ2v) is 9.00. The molecule has 1 aliphatic rings. The molecule has 0 saturated carbocycles. The van der Waals surface area contributed by atoms with Crippen LogP contribution in [0.2, 0.25) is 0 Å². The van der Waals surface area contributed by atoms with Crippen LogP contribution in [0.5, 0.6) is 0 Å². The summed E-state index contributed by atoms with van der Waals surface area (Å²) in [5.41, 5.74) is 5.79. The Bertz CT molecular complexity index is 625. The van der Waals surface area contributed by atoms with E-state index >= 15 is 0 Å². The average Bonchev–Trinajstić information content (AvgIpc) is 3.04. The van der Waals surface area contributed by atoms with Gasteiger partial charge in [-0.1, -0.05) is 19.8 Å². The summed E-state index contributed by atoms with van der Waals surface area (Å²) in [6.07, 6.45) is 5.15. The third-order valence-corrected chi connectivity index (χ3v) is 7.22. The predicted molar refractivity (Wildman–Crippen MR) is 111 cm³/mol. The van der Waals surface area contributed by atoms with Gasteiger partial charge < -0.3 is 11.1 Å². The van der Waals surface area contributed by atoms with E-state index in [1.165, 1.54) is 11.3 Å². The number of nitrogens with zero attached hydrogens (tertiary/aromatic N) is 2. The van der Waals surface area contributed by atoms with Crippen molar-refractivity contribution in [1.82, 2.24) is 9.62 Å². The van der Waals surface area contributed by atoms with Gasteiger partial charge in [-0.05, 0) is 31.4 Å². The lowest BCUT2D eigenvalue weighted by Crippen LogP contribution is -2.35. The summed E-state index contributed by atoms with van der Waals surface area (Å²) >= 11 is 1.28. The van der Waals surface area contributed by atoms with E-state index in [2.05, 4.69) is 17.2 Å². The molecule has 0 radical (unpaired) electrons. The van der Waals surface area contributed by atoms with Crippen molar-refractivity contribution < 1.29 is 8.42 Å². The SMILES string of the molecule is CCCCNC(N)=NCc1ccc(S(=O)(=O)N2CCCCC2)s1.I. The number of thiophene rings is 1. The number of nitrogens with two attached hydrogens (primary N) is 1. The van der Waals surface area contributed by atoms with Crippen LogP contribution < -0.4 is 11.1 Å². The summed E-state index contributed by atoms with van der Waals surface area (Å²) in [6, 6.07) is 3.50. The summed E-state index contributed by atoms with van der Waals surface area (Å²) in [7, 11) is -3.34. The Kier molecular flexibility index (Phi) is 9.53. The van der Waals surface area contributed by atoms with E-state index in [0.29, 0.717) is 29.8 Å². The van der Waals surface area contributed by atoms with Gasteiger partial charge in [0.05, 0.1) is 6.54 Å². The number of unbranched alkanes of at least 4 members (excludes halogenated alkanes) is 1. The molecular formula is C15H27IN4O2S2. The molecule has 2 rings (SSSR count). The Hall–Kier alpha value is -0.390. The van der Waals surface area contributed by atoms with Crippen LogP contribution in [-0.4, -0.2) is 38.3 Å². The normalized spacial score (nSPS) is 16.6. The predicted octanol–water partition coefficient (Wildman–Crippen LogP) is 2.75. The van der Waals surface area contributed by atoms with Gasteiger partial charge in [0.1, 0.15) is 4.21 Å². The molecule has 6 nitrogen and oxygen atoms in total. The monoisotopic (exact) mass is 486 g/mol. The molecule has 0 bridgehead atoms. The highest BCUT2D eigenvalue weighted by molar-refractivity contribution is 14.0. The summed E-state index contributed by atoms with van der Waals surface area (Å²) in [5.74, 6) is 0.410. The molecule has 0 aromatic carbocycles. The molecule has 138 valence electrons. The number of piperidine rings is 1. The van der Waals surface area contributed by atoms with Gasteiger partial charge in [0.2, 0.25) is 0 Å². The van der Waals surface area contributed by atoms with Crippen molar-refractivity contribution in [2.45, 2.75) is 49.8 Å². The van der Waals surface area contributed by atoms with Gasteiger partial charge in [0, 0.05) is 24.5 Å². The van der Waals surface area contributed by atoms with Crippen molar-refractivity contribution in [2.75, 3.05) is 19.6 Å². The smallest absolute Gasteiger partial charge is 0.252 e. The number of rotatable bonds is 7. The molecule has 9 heteroatoms. The Balaban J connectivity index is 0.00000288. The highest BCUT2D eigenvalue weighted by Gasteiger charge is 2.27. The standard InChI is InChI=1S/C15H26N4O2S2.HI/c1-2-3-9-17-15(16)18-12-13-7-8-14(22-13)23(20,21)19-10-5-4-6-11-19;/h7-8H,2-6,9-12H2,1H3,(H3,16,17,18);1H. The summed E-state index contributed by atoms with van der Waals surface area (Å²) in [6.45, 7) is 4.59. The third-order valence-electron chi connectivity index (χ3n) is 3.79. The minimum absolute atomic E-state index is 0. The first-order valence-electron chi connectivity index (χ1n) is 8.16. The zero-order valence-electron chi connectivity index (χ0n) is 14.0. The Labute approximate surface area is 166 Å². The topological polar surface area (TPSA) is 87.8 Å². The van der Waals surface area contributed by atoms with Gasteiger partial charge in [-0.15, -0.1) is 35.3 Å². The molecule has 3 N–H and O–H groups in total. The van der Waals surface area contributed by atoms with E-state index in [1.54, 1.807) is 10.4 Å². The largest absolute Gasteiger partial charge is 0.370 e. The molecule has 0 aliphatic carbocycles. The van der Waals surface area contributed by atoms with Gasteiger partial charge >= 0.3 is 0 Å². The second kappa shape index (κ2) is 10.6. The lowest BCUT2D eigenvalue weighted by molar-refractivity contribution is 0.347.